The van der Waals surface area contributed by atoms with Crippen molar-refractivity contribution in [2.45, 2.75) is 20.3 Å². The van der Waals surface area contributed by atoms with Crippen LogP contribution in [0.1, 0.15) is 17.5 Å². The molecule has 1 aliphatic rings. The van der Waals surface area contributed by atoms with Gasteiger partial charge in [0, 0.05) is 28.8 Å². The van der Waals surface area contributed by atoms with Crippen LogP contribution in [0, 0.1) is 19.8 Å². The molecular formula is C20H21BrN2O3. The van der Waals surface area contributed by atoms with Crippen molar-refractivity contribution in [1.82, 2.24) is 0 Å². The van der Waals surface area contributed by atoms with Gasteiger partial charge in [-0.15, -0.1) is 0 Å². The lowest BCUT2D eigenvalue weighted by Crippen LogP contribution is -2.28. The third-order valence-electron chi connectivity index (χ3n) is 4.63. The molecule has 136 valence electrons. The fourth-order valence-electron chi connectivity index (χ4n) is 3.23. The van der Waals surface area contributed by atoms with E-state index in [-0.39, 0.29) is 24.2 Å². The van der Waals surface area contributed by atoms with E-state index in [1.54, 1.807) is 12.0 Å². The Kier molecular flexibility index (Phi) is 5.32. The van der Waals surface area contributed by atoms with E-state index in [1.807, 2.05) is 50.2 Å². The normalized spacial score (nSPS) is 16.7. The zero-order chi connectivity index (χ0) is 18.8. The van der Waals surface area contributed by atoms with Crippen molar-refractivity contribution in [3.63, 3.8) is 0 Å². The number of rotatable bonds is 4. The van der Waals surface area contributed by atoms with E-state index in [0.717, 1.165) is 32.7 Å². The molecule has 0 unspecified atom stereocenters. The van der Waals surface area contributed by atoms with Crippen molar-refractivity contribution < 1.29 is 14.3 Å². The SMILES string of the molecule is COc1ccc(N2C[C@H](C(=O)Nc3c(C)cc(Br)cc3C)CC2=O)cc1. The molecule has 1 fully saturated rings. The molecule has 6 heteroatoms. The molecule has 0 spiro atoms. The molecule has 0 bridgehead atoms. The zero-order valence-corrected chi connectivity index (χ0v) is 16.6. The van der Waals surface area contributed by atoms with Gasteiger partial charge in [-0.3, -0.25) is 9.59 Å². The summed E-state index contributed by atoms with van der Waals surface area (Å²) in [5, 5.41) is 3.00. The lowest BCUT2D eigenvalue weighted by molar-refractivity contribution is -0.122. The molecule has 2 amide bonds. The maximum Gasteiger partial charge on any atom is 0.229 e. The van der Waals surface area contributed by atoms with Crippen LogP contribution in [0.4, 0.5) is 11.4 Å². The van der Waals surface area contributed by atoms with Crippen molar-refractivity contribution in [3.05, 3.63) is 52.0 Å². The molecule has 1 saturated heterocycles. The number of nitrogens with zero attached hydrogens (tertiary/aromatic N) is 1. The highest BCUT2D eigenvalue weighted by Gasteiger charge is 2.35. The lowest BCUT2D eigenvalue weighted by Gasteiger charge is -2.18. The van der Waals surface area contributed by atoms with E-state index in [2.05, 4.69) is 21.2 Å². The van der Waals surface area contributed by atoms with Crippen LogP contribution >= 0.6 is 15.9 Å². The molecule has 26 heavy (non-hydrogen) atoms. The number of amides is 2. The maximum atomic E-state index is 12.7. The molecule has 1 heterocycles. The van der Waals surface area contributed by atoms with E-state index in [0.29, 0.717) is 6.54 Å². The molecule has 0 aliphatic carbocycles. The summed E-state index contributed by atoms with van der Waals surface area (Å²) >= 11 is 3.46. The highest BCUT2D eigenvalue weighted by atomic mass is 79.9. The van der Waals surface area contributed by atoms with Crippen molar-refractivity contribution >= 4 is 39.1 Å². The Hall–Kier alpha value is -2.34. The maximum absolute atomic E-state index is 12.7. The number of halogens is 1. The monoisotopic (exact) mass is 416 g/mol. The lowest BCUT2D eigenvalue weighted by atomic mass is 10.1. The minimum Gasteiger partial charge on any atom is -0.497 e. The molecule has 3 rings (SSSR count). The molecule has 0 aromatic heterocycles. The van der Waals surface area contributed by atoms with Crippen LogP contribution in [0.15, 0.2) is 40.9 Å². The molecule has 2 aromatic rings. The minimum absolute atomic E-state index is 0.0421. The van der Waals surface area contributed by atoms with Crippen LogP contribution in [0.5, 0.6) is 5.75 Å². The largest absolute Gasteiger partial charge is 0.497 e. The molecule has 1 aliphatic heterocycles. The summed E-state index contributed by atoms with van der Waals surface area (Å²) in [6, 6.07) is 11.2. The summed E-state index contributed by atoms with van der Waals surface area (Å²) in [5.74, 6) is 0.199. The predicted octanol–water partition coefficient (Wildman–Crippen LogP) is 4.07. The average Bonchev–Trinajstić information content (AvgIpc) is 3.00. The number of nitrogens with one attached hydrogen (secondary N) is 1. The Labute approximate surface area is 161 Å². The van der Waals surface area contributed by atoms with Gasteiger partial charge in [-0.05, 0) is 61.4 Å². The second-order valence-electron chi connectivity index (χ2n) is 6.51. The first-order valence-electron chi connectivity index (χ1n) is 8.41. The first-order chi connectivity index (χ1) is 12.4. The molecule has 5 nitrogen and oxygen atoms in total. The molecule has 1 N–H and O–H groups in total. The van der Waals surface area contributed by atoms with Gasteiger partial charge in [0.2, 0.25) is 11.8 Å². The van der Waals surface area contributed by atoms with Gasteiger partial charge >= 0.3 is 0 Å². The Balaban J connectivity index is 1.73. The molecule has 1 atom stereocenters. The second-order valence-corrected chi connectivity index (χ2v) is 7.42. The van der Waals surface area contributed by atoms with E-state index in [4.69, 9.17) is 4.74 Å². The van der Waals surface area contributed by atoms with Crippen LogP contribution in [-0.2, 0) is 9.59 Å². The van der Waals surface area contributed by atoms with Gasteiger partial charge in [0.05, 0.1) is 13.0 Å². The van der Waals surface area contributed by atoms with E-state index < -0.39 is 0 Å². The Morgan fingerprint density at radius 2 is 1.81 bits per heavy atom. The van der Waals surface area contributed by atoms with Crippen molar-refractivity contribution in [1.29, 1.82) is 0 Å². The number of carbonyl (C=O) groups is 2. The van der Waals surface area contributed by atoms with Gasteiger partial charge in [-0.25, -0.2) is 0 Å². The topological polar surface area (TPSA) is 58.6 Å². The number of anilines is 2. The zero-order valence-electron chi connectivity index (χ0n) is 15.0. The van der Waals surface area contributed by atoms with E-state index in [9.17, 15) is 9.59 Å². The van der Waals surface area contributed by atoms with Crippen LogP contribution < -0.4 is 15.0 Å². The van der Waals surface area contributed by atoms with E-state index >= 15 is 0 Å². The van der Waals surface area contributed by atoms with Gasteiger partial charge in [-0.1, -0.05) is 15.9 Å². The fraction of sp³-hybridized carbons (Fsp3) is 0.300. The van der Waals surface area contributed by atoms with E-state index in [1.165, 1.54) is 0 Å². The number of methoxy groups -OCH3 is 1. The highest BCUT2D eigenvalue weighted by molar-refractivity contribution is 9.10. The van der Waals surface area contributed by atoms with Gasteiger partial charge in [0.1, 0.15) is 5.75 Å². The van der Waals surface area contributed by atoms with Crippen LogP contribution in [0.25, 0.3) is 0 Å². The summed E-state index contributed by atoms with van der Waals surface area (Å²) in [5.41, 5.74) is 3.57. The number of aryl methyl sites for hydroxylation is 2. The number of benzene rings is 2. The molecular weight excluding hydrogens is 396 g/mol. The second kappa shape index (κ2) is 7.50. The standard InChI is InChI=1S/C20H21BrN2O3/c1-12-8-15(21)9-13(2)19(12)22-20(25)14-10-18(24)23(11-14)16-4-6-17(26-3)7-5-16/h4-9,14H,10-11H2,1-3H3,(H,22,25)/t14-/m1/s1. The minimum atomic E-state index is -0.368. The third kappa shape index (κ3) is 3.75. The van der Waals surface area contributed by atoms with Gasteiger partial charge < -0.3 is 15.0 Å². The first kappa shape index (κ1) is 18.5. The van der Waals surface area contributed by atoms with Crippen molar-refractivity contribution in [2.75, 3.05) is 23.9 Å². The predicted molar refractivity (Wildman–Crippen MR) is 106 cm³/mol. The Bertz CT molecular complexity index is 826. The van der Waals surface area contributed by atoms with Gasteiger partial charge in [0.15, 0.2) is 0 Å². The summed E-state index contributed by atoms with van der Waals surface area (Å²) in [7, 11) is 1.60. The number of carbonyl (C=O) groups excluding carboxylic acids is 2. The Morgan fingerprint density at radius 1 is 1.19 bits per heavy atom. The average molecular weight is 417 g/mol. The van der Waals surface area contributed by atoms with Gasteiger partial charge in [0.25, 0.3) is 0 Å². The first-order valence-corrected chi connectivity index (χ1v) is 9.20. The van der Waals surface area contributed by atoms with Crippen LogP contribution in [-0.4, -0.2) is 25.5 Å². The van der Waals surface area contributed by atoms with Crippen molar-refractivity contribution in [3.8, 4) is 5.75 Å². The van der Waals surface area contributed by atoms with Gasteiger partial charge in [-0.2, -0.15) is 0 Å². The van der Waals surface area contributed by atoms with Crippen molar-refractivity contribution in [2.24, 2.45) is 5.92 Å². The summed E-state index contributed by atoms with van der Waals surface area (Å²) in [4.78, 5) is 26.7. The summed E-state index contributed by atoms with van der Waals surface area (Å²) < 4.78 is 6.12. The third-order valence-corrected chi connectivity index (χ3v) is 5.08. The highest BCUT2D eigenvalue weighted by Crippen LogP contribution is 2.29. The number of ether oxygens (including phenoxy) is 1. The summed E-state index contributed by atoms with van der Waals surface area (Å²) in [6.07, 6.45) is 0.215. The molecule has 0 radical (unpaired) electrons. The smallest absolute Gasteiger partial charge is 0.229 e. The quantitative estimate of drug-likeness (QED) is 0.816. The Morgan fingerprint density at radius 3 is 2.38 bits per heavy atom. The van der Waals surface area contributed by atoms with Crippen LogP contribution in [0.2, 0.25) is 0 Å². The number of hydrogen-bond acceptors (Lipinski definition) is 3. The fourth-order valence-corrected chi connectivity index (χ4v) is 3.91. The summed E-state index contributed by atoms with van der Waals surface area (Å²) in [6.45, 7) is 4.29. The number of hydrogen-bond donors (Lipinski definition) is 1. The molecule has 0 saturated carbocycles. The molecule has 2 aromatic carbocycles. The van der Waals surface area contributed by atoms with Crippen LogP contribution in [0.3, 0.4) is 0 Å².